The first kappa shape index (κ1) is 22.7. The van der Waals surface area contributed by atoms with Crippen LogP contribution in [0.15, 0.2) is 41.2 Å². The summed E-state index contributed by atoms with van der Waals surface area (Å²) in [5, 5.41) is 3.87. The van der Waals surface area contributed by atoms with Gasteiger partial charge in [0.2, 0.25) is 6.79 Å². The van der Waals surface area contributed by atoms with Crippen LogP contribution < -0.4 is 20.3 Å². The van der Waals surface area contributed by atoms with Crippen molar-refractivity contribution in [2.24, 2.45) is 0 Å². The number of fused-ring (bicyclic) bond motifs is 2. The Kier molecular flexibility index (Phi) is 6.84. The summed E-state index contributed by atoms with van der Waals surface area (Å²) in [5.41, 5.74) is 4.17. The number of benzene rings is 2. The molecule has 0 atom stereocenters. The highest BCUT2D eigenvalue weighted by Crippen LogP contribution is 2.33. The summed E-state index contributed by atoms with van der Waals surface area (Å²) >= 11 is 0. The molecule has 3 aromatic rings. The normalized spacial score (nSPS) is 12.2. The molecule has 2 amide bonds. The number of nitrogens with one attached hydrogen (secondary N) is 2. The monoisotopic (exact) mass is 451 g/mol. The molecule has 1 aliphatic heterocycles. The van der Waals surface area contributed by atoms with E-state index in [1.807, 2.05) is 50.2 Å². The van der Waals surface area contributed by atoms with Gasteiger partial charge in [-0.1, -0.05) is 17.7 Å². The topological polar surface area (TPSA) is 92.9 Å². The number of hydrogen-bond donors (Lipinski definition) is 2. The Bertz CT molecular complexity index is 1220. The first-order valence-electron chi connectivity index (χ1n) is 11.0. The smallest absolute Gasteiger partial charge is 0.318 e. The average Bonchev–Trinajstić information content (AvgIpc) is 3.25. The summed E-state index contributed by atoms with van der Waals surface area (Å²) < 4.78 is 15.9. The van der Waals surface area contributed by atoms with Gasteiger partial charge in [0.25, 0.3) is 5.56 Å². The summed E-state index contributed by atoms with van der Waals surface area (Å²) in [6, 6.07) is 11.3. The van der Waals surface area contributed by atoms with E-state index in [-0.39, 0.29) is 24.9 Å². The number of rotatable bonds is 8. The van der Waals surface area contributed by atoms with Crippen molar-refractivity contribution in [1.29, 1.82) is 0 Å². The molecular formula is C25H29N3O5. The number of nitrogens with zero attached hydrogens (tertiary/aromatic N) is 1. The summed E-state index contributed by atoms with van der Waals surface area (Å²) in [7, 11) is 1.63. The minimum Gasteiger partial charge on any atom is -0.454 e. The van der Waals surface area contributed by atoms with Crippen molar-refractivity contribution in [3.05, 3.63) is 69.0 Å². The van der Waals surface area contributed by atoms with Crippen LogP contribution in [-0.2, 0) is 17.8 Å². The molecule has 0 spiro atoms. The number of methoxy groups -OCH3 is 1. The zero-order valence-electron chi connectivity index (χ0n) is 19.2. The van der Waals surface area contributed by atoms with Gasteiger partial charge in [0, 0.05) is 32.4 Å². The molecular weight excluding hydrogens is 422 g/mol. The van der Waals surface area contributed by atoms with E-state index < -0.39 is 0 Å². The van der Waals surface area contributed by atoms with Gasteiger partial charge in [-0.3, -0.25) is 4.79 Å². The molecule has 33 heavy (non-hydrogen) atoms. The van der Waals surface area contributed by atoms with Crippen molar-refractivity contribution >= 4 is 16.9 Å². The molecule has 0 aliphatic carbocycles. The van der Waals surface area contributed by atoms with Gasteiger partial charge in [-0.15, -0.1) is 0 Å². The van der Waals surface area contributed by atoms with Gasteiger partial charge in [0.1, 0.15) is 0 Å². The lowest BCUT2D eigenvalue weighted by Gasteiger charge is -2.23. The SMILES string of the molecule is COCCCNC(=O)N(Cc1ccc2c(c1)OCO2)Cc1cc2cc(C)cc(C)c2[nH]c1=O. The maximum Gasteiger partial charge on any atom is 0.318 e. The number of pyridine rings is 1. The fraction of sp³-hybridized carbons (Fsp3) is 0.360. The van der Waals surface area contributed by atoms with E-state index in [4.69, 9.17) is 14.2 Å². The molecule has 0 radical (unpaired) electrons. The average molecular weight is 452 g/mol. The number of carbonyl (C=O) groups is 1. The predicted molar refractivity (Wildman–Crippen MR) is 126 cm³/mol. The molecule has 2 N–H and O–H groups in total. The van der Waals surface area contributed by atoms with Gasteiger partial charge in [-0.2, -0.15) is 0 Å². The third-order valence-corrected chi connectivity index (χ3v) is 5.63. The van der Waals surface area contributed by atoms with Crippen LogP contribution in [0.4, 0.5) is 4.79 Å². The Labute approximate surface area is 192 Å². The Balaban J connectivity index is 1.60. The second-order valence-corrected chi connectivity index (χ2v) is 8.29. The molecule has 2 heterocycles. The number of ether oxygens (including phenoxy) is 3. The molecule has 0 bridgehead atoms. The minimum absolute atomic E-state index is 0.169. The number of aryl methyl sites for hydroxylation is 2. The van der Waals surface area contributed by atoms with E-state index in [1.165, 1.54) is 0 Å². The number of hydrogen-bond acceptors (Lipinski definition) is 5. The Hall–Kier alpha value is -3.52. The van der Waals surface area contributed by atoms with Crippen LogP contribution in [0, 0.1) is 13.8 Å². The molecule has 8 nitrogen and oxygen atoms in total. The second-order valence-electron chi connectivity index (χ2n) is 8.29. The molecule has 1 aromatic heterocycles. The van der Waals surface area contributed by atoms with Crippen LogP contribution in [0.25, 0.3) is 10.9 Å². The highest BCUT2D eigenvalue weighted by molar-refractivity contribution is 5.83. The number of aromatic amines is 1. The highest BCUT2D eigenvalue weighted by Gasteiger charge is 2.19. The molecule has 4 rings (SSSR count). The van der Waals surface area contributed by atoms with Gasteiger partial charge in [-0.25, -0.2) is 4.79 Å². The van der Waals surface area contributed by atoms with Crippen molar-refractivity contribution < 1.29 is 19.0 Å². The van der Waals surface area contributed by atoms with Crippen LogP contribution in [0.2, 0.25) is 0 Å². The van der Waals surface area contributed by atoms with E-state index in [2.05, 4.69) is 10.3 Å². The number of H-pyrrole nitrogens is 1. The maximum atomic E-state index is 13.0. The highest BCUT2D eigenvalue weighted by atomic mass is 16.7. The Morgan fingerprint density at radius 2 is 1.94 bits per heavy atom. The van der Waals surface area contributed by atoms with Crippen LogP contribution in [0.5, 0.6) is 11.5 Å². The van der Waals surface area contributed by atoms with Crippen LogP contribution in [0.3, 0.4) is 0 Å². The lowest BCUT2D eigenvalue weighted by Crippen LogP contribution is -2.40. The third-order valence-electron chi connectivity index (χ3n) is 5.63. The molecule has 174 valence electrons. The molecule has 1 aliphatic rings. The second kappa shape index (κ2) is 9.95. The molecule has 2 aromatic carbocycles. The van der Waals surface area contributed by atoms with E-state index in [0.717, 1.165) is 27.6 Å². The molecule has 0 saturated heterocycles. The van der Waals surface area contributed by atoms with Crippen molar-refractivity contribution in [3.63, 3.8) is 0 Å². The molecule has 0 fully saturated rings. The van der Waals surface area contributed by atoms with Gasteiger partial charge in [-0.05, 0) is 61.0 Å². The zero-order valence-corrected chi connectivity index (χ0v) is 19.2. The summed E-state index contributed by atoms with van der Waals surface area (Å²) in [4.78, 5) is 30.5. The standard InChI is InChI=1S/C25H29N3O5/c1-16-9-17(2)23-19(10-16)12-20(24(29)27-23)14-28(25(30)26-7-4-8-31-3)13-18-5-6-21-22(11-18)33-15-32-21/h5-6,9-12H,4,7-8,13-15H2,1-3H3,(H,26,30)(H,27,29). The molecule has 8 heteroatoms. The Morgan fingerprint density at radius 1 is 1.12 bits per heavy atom. The van der Waals surface area contributed by atoms with Crippen molar-refractivity contribution in [2.45, 2.75) is 33.4 Å². The number of urea groups is 1. The van der Waals surface area contributed by atoms with E-state index in [1.54, 1.807) is 12.0 Å². The molecule has 0 saturated carbocycles. The number of carbonyl (C=O) groups excluding carboxylic acids is 1. The van der Waals surface area contributed by atoms with Gasteiger partial charge >= 0.3 is 6.03 Å². The fourth-order valence-corrected chi connectivity index (χ4v) is 4.04. The fourth-order valence-electron chi connectivity index (χ4n) is 4.04. The minimum atomic E-state index is -0.247. The van der Waals surface area contributed by atoms with Crippen molar-refractivity contribution in [3.8, 4) is 11.5 Å². The van der Waals surface area contributed by atoms with Gasteiger partial charge in [0.15, 0.2) is 11.5 Å². The quantitative estimate of drug-likeness (QED) is 0.511. The number of amides is 2. The van der Waals surface area contributed by atoms with E-state index >= 15 is 0 Å². The van der Waals surface area contributed by atoms with E-state index in [9.17, 15) is 9.59 Å². The Morgan fingerprint density at radius 3 is 2.76 bits per heavy atom. The molecule has 0 unspecified atom stereocenters. The number of aromatic nitrogens is 1. The first-order chi connectivity index (χ1) is 15.9. The zero-order chi connectivity index (χ0) is 23.4. The summed E-state index contributed by atoms with van der Waals surface area (Å²) in [5.74, 6) is 1.34. The van der Waals surface area contributed by atoms with Gasteiger partial charge in [0.05, 0.1) is 12.1 Å². The third kappa shape index (κ3) is 5.28. The van der Waals surface area contributed by atoms with Crippen molar-refractivity contribution in [1.82, 2.24) is 15.2 Å². The van der Waals surface area contributed by atoms with Crippen molar-refractivity contribution in [2.75, 3.05) is 27.1 Å². The lowest BCUT2D eigenvalue weighted by atomic mass is 10.0. The summed E-state index contributed by atoms with van der Waals surface area (Å²) in [6.07, 6.45) is 0.704. The van der Waals surface area contributed by atoms with E-state index in [0.29, 0.717) is 43.2 Å². The van der Waals surface area contributed by atoms with Crippen LogP contribution in [-0.4, -0.2) is 43.0 Å². The lowest BCUT2D eigenvalue weighted by molar-refractivity contribution is 0.173. The van der Waals surface area contributed by atoms with Crippen LogP contribution in [0.1, 0.15) is 28.7 Å². The predicted octanol–water partition coefficient (Wildman–Crippen LogP) is 3.62. The summed E-state index contributed by atoms with van der Waals surface area (Å²) in [6.45, 7) is 5.72. The van der Waals surface area contributed by atoms with Gasteiger partial charge < -0.3 is 29.4 Å². The largest absolute Gasteiger partial charge is 0.454 e. The maximum absolute atomic E-state index is 13.0. The van der Waals surface area contributed by atoms with Crippen LogP contribution >= 0.6 is 0 Å². The first-order valence-corrected chi connectivity index (χ1v) is 11.0.